The van der Waals surface area contributed by atoms with Crippen molar-refractivity contribution in [1.29, 1.82) is 0 Å². The van der Waals surface area contributed by atoms with Gasteiger partial charge >= 0.3 is 6.03 Å². The quantitative estimate of drug-likeness (QED) is 0.319. The Morgan fingerprint density at radius 3 is 2.51 bits per heavy atom. The standard InChI is InChI=1S/C25H27ClN4O2S.CH4.ClH/c1-30(13-15-5-4-6-15)12-11-18-21(14-30)33-24(22(18)23(27)31)29-25(32)28-20-10-9-19(26)16-7-2-3-8-17(16)20;;/h2-3,7-10,15H,4-6,11-14H2,1H3,(H3-,27,28,29,31,32);1H4;1H/p+1. The van der Waals surface area contributed by atoms with E-state index in [1.165, 1.54) is 37.1 Å². The molecule has 0 bridgehead atoms. The van der Waals surface area contributed by atoms with Crippen molar-refractivity contribution in [2.75, 3.05) is 30.8 Å². The van der Waals surface area contributed by atoms with E-state index in [1.807, 2.05) is 24.3 Å². The molecular formula is C26H33Cl2N4O2S+. The van der Waals surface area contributed by atoms with Crippen molar-refractivity contribution in [2.45, 2.75) is 39.7 Å². The van der Waals surface area contributed by atoms with Crippen LogP contribution in [0.4, 0.5) is 15.5 Å². The Hall–Kier alpha value is -2.32. The highest BCUT2D eigenvalue weighted by Gasteiger charge is 2.37. The third-order valence-corrected chi connectivity index (χ3v) is 8.50. The molecule has 9 heteroatoms. The summed E-state index contributed by atoms with van der Waals surface area (Å²) >= 11 is 7.78. The van der Waals surface area contributed by atoms with Crippen LogP contribution in [0.5, 0.6) is 0 Å². The van der Waals surface area contributed by atoms with Crippen LogP contribution in [-0.2, 0) is 13.0 Å². The van der Waals surface area contributed by atoms with Crippen molar-refractivity contribution in [3.05, 3.63) is 57.4 Å². The Morgan fingerprint density at radius 1 is 1.14 bits per heavy atom. The molecular weight excluding hydrogens is 503 g/mol. The lowest BCUT2D eigenvalue weighted by Crippen LogP contribution is -2.51. The monoisotopic (exact) mass is 535 g/mol. The minimum Gasteiger partial charge on any atom is -0.365 e. The number of urea groups is 1. The zero-order valence-corrected chi connectivity index (χ0v) is 21.4. The second-order valence-electron chi connectivity index (χ2n) is 9.52. The molecule has 6 nitrogen and oxygen atoms in total. The molecule has 1 fully saturated rings. The first kappa shape index (κ1) is 27.3. The van der Waals surface area contributed by atoms with Gasteiger partial charge in [0.05, 0.1) is 36.3 Å². The number of hydrogen-bond acceptors (Lipinski definition) is 3. The van der Waals surface area contributed by atoms with E-state index in [-0.39, 0.29) is 19.8 Å². The number of amides is 3. The van der Waals surface area contributed by atoms with Crippen LogP contribution in [0.25, 0.3) is 10.8 Å². The molecule has 1 aliphatic carbocycles. The summed E-state index contributed by atoms with van der Waals surface area (Å²) in [6.07, 6.45) is 4.79. The molecule has 1 saturated carbocycles. The van der Waals surface area contributed by atoms with E-state index in [4.69, 9.17) is 17.3 Å². The molecule has 1 aromatic heterocycles. The van der Waals surface area contributed by atoms with Gasteiger partial charge in [-0.15, -0.1) is 23.7 Å². The average Bonchev–Trinajstić information content (AvgIpc) is 3.09. The maximum Gasteiger partial charge on any atom is 0.324 e. The Kier molecular flexibility index (Phi) is 8.37. The molecule has 0 radical (unpaired) electrons. The number of hydrogen-bond donors (Lipinski definition) is 3. The van der Waals surface area contributed by atoms with E-state index >= 15 is 0 Å². The van der Waals surface area contributed by atoms with Gasteiger partial charge in [0.25, 0.3) is 5.91 Å². The number of carbonyl (C=O) groups excluding carboxylic acids is 2. The van der Waals surface area contributed by atoms with E-state index in [9.17, 15) is 9.59 Å². The number of likely N-dealkylation sites (N-methyl/N-ethyl adjacent to an activating group) is 1. The summed E-state index contributed by atoms with van der Waals surface area (Å²) < 4.78 is 0.985. The number of thiophene rings is 1. The largest absolute Gasteiger partial charge is 0.365 e. The molecule has 3 aromatic rings. The van der Waals surface area contributed by atoms with Crippen molar-refractivity contribution >= 4 is 68.7 Å². The number of rotatable bonds is 5. The maximum atomic E-state index is 12.9. The summed E-state index contributed by atoms with van der Waals surface area (Å²) in [4.78, 5) is 26.4. The number of nitrogens with two attached hydrogens (primary N) is 1. The van der Waals surface area contributed by atoms with Gasteiger partial charge in [-0.2, -0.15) is 0 Å². The normalized spacial score (nSPS) is 19.0. The van der Waals surface area contributed by atoms with Crippen molar-refractivity contribution in [1.82, 2.24) is 0 Å². The van der Waals surface area contributed by atoms with Crippen molar-refractivity contribution < 1.29 is 14.1 Å². The van der Waals surface area contributed by atoms with Crippen LogP contribution in [0, 0.1) is 5.92 Å². The predicted octanol–water partition coefficient (Wildman–Crippen LogP) is 6.66. The minimum absolute atomic E-state index is 0. The molecule has 2 heterocycles. The molecule has 2 aliphatic rings. The highest BCUT2D eigenvalue weighted by Crippen LogP contribution is 2.40. The molecule has 2 aromatic carbocycles. The molecule has 1 atom stereocenters. The third kappa shape index (κ3) is 5.43. The van der Waals surface area contributed by atoms with E-state index in [0.717, 1.165) is 51.1 Å². The molecule has 5 rings (SSSR count). The van der Waals surface area contributed by atoms with Crippen LogP contribution in [0.2, 0.25) is 5.02 Å². The lowest BCUT2D eigenvalue weighted by molar-refractivity contribution is -0.927. The summed E-state index contributed by atoms with van der Waals surface area (Å²) in [6, 6.07) is 10.8. The highest BCUT2D eigenvalue weighted by molar-refractivity contribution is 7.17. The summed E-state index contributed by atoms with van der Waals surface area (Å²) in [6.45, 7) is 3.04. The van der Waals surface area contributed by atoms with E-state index < -0.39 is 11.9 Å². The molecule has 0 saturated heterocycles. The number of benzene rings is 2. The summed E-state index contributed by atoms with van der Waals surface area (Å²) in [5.74, 6) is 0.319. The van der Waals surface area contributed by atoms with Gasteiger partial charge in [-0.3, -0.25) is 10.1 Å². The van der Waals surface area contributed by atoms with Gasteiger partial charge in [-0.1, -0.05) is 49.7 Å². The topological polar surface area (TPSA) is 84.2 Å². The lowest BCUT2D eigenvalue weighted by atomic mass is 9.84. The van der Waals surface area contributed by atoms with E-state index in [0.29, 0.717) is 21.3 Å². The zero-order chi connectivity index (χ0) is 23.2. The number of nitrogens with one attached hydrogen (secondary N) is 2. The van der Waals surface area contributed by atoms with Crippen molar-refractivity contribution in [3.63, 3.8) is 0 Å². The fourth-order valence-corrected chi connectivity index (χ4v) is 6.79. The van der Waals surface area contributed by atoms with Crippen molar-refractivity contribution in [2.24, 2.45) is 11.7 Å². The Bertz CT molecular complexity index is 1260. The number of fused-ring (bicyclic) bond motifs is 2. The smallest absolute Gasteiger partial charge is 0.324 e. The summed E-state index contributed by atoms with van der Waals surface area (Å²) in [5.41, 5.74) is 7.87. The van der Waals surface area contributed by atoms with Gasteiger partial charge in [0.15, 0.2) is 0 Å². The Balaban J connectivity index is 0.00000171. The molecule has 188 valence electrons. The zero-order valence-electron chi connectivity index (χ0n) is 19.0. The fourth-order valence-electron chi connectivity index (χ4n) is 5.14. The van der Waals surface area contributed by atoms with Gasteiger partial charge in [-0.05, 0) is 30.5 Å². The van der Waals surface area contributed by atoms with Crippen LogP contribution in [-0.4, -0.2) is 36.6 Å². The van der Waals surface area contributed by atoms with Crippen LogP contribution >= 0.6 is 35.3 Å². The third-order valence-electron chi connectivity index (χ3n) is 7.03. The van der Waals surface area contributed by atoms with E-state index in [2.05, 4.69) is 17.7 Å². The second kappa shape index (κ2) is 10.7. The van der Waals surface area contributed by atoms with Gasteiger partial charge < -0.3 is 15.5 Å². The SMILES string of the molecule is C.C[N+]1(CC2CCC2)CCc2c(sc(NC(=O)Nc3ccc(Cl)c4ccccc34)c2C(N)=O)C1.Cl. The number of quaternary nitrogens is 1. The molecule has 4 N–H and O–H groups in total. The predicted molar refractivity (Wildman–Crippen MR) is 149 cm³/mol. The van der Waals surface area contributed by atoms with Gasteiger partial charge in [0, 0.05) is 28.1 Å². The van der Waals surface area contributed by atoms with Gasteiger partial charge in [0.1, 0.15) is 11.5 Å². The first-order valence-electron chi connectivity index (χ1n) is 11.4. The minimum atomic E-state index is -0.491. The van der Waals surface area contributed by atoms with E-state index in [1.54, 1.807) is 12.1 Å². The molecule has 3 amide bonds. The number of nitrogens with zero attached hydrogens (tertiary/aromatic N) is 1. The lowest BCUT2D eigenvalue weighted by Gasteiger charge is -2.42. The average molecular weight is 537 g/mol. The highest BCUT2D eigenvalue weighted by atomic mass is 35.5. The van der Waals surface area contributed by atoms with Gasteiger partial charge in [0.2, 0.25) is 0 Å². The Labute approximate surface area is 221 Å². The number of primary amides is 1. The Morgan fingerprint density at radius 2 is 1.86 bits per heavy atom. The molecule has 0 spiro atoms. The van der Waals surface area contributed by atoms with Gasteiger partial charge in [-0.25, -0.2) is 4.79 Å². The van der Waals surface area contributed by atoms with Crippen molar-refractivity contribution in [3.8, 4) is 0 Å². The molecule has 35 heavy (non-hydrogen) atoms. The second-order valence-corrected chi connectivity index (χ2v) is 11.0. The summed E-state index contributed by atoms with van der Waals surface area (Å²) in [5, 5.41) is 8.67. The number of carbonyl (C=O) groups is 2. The number of anilines is 2. The van der Waals surface area contributed by atoms with Crippen LogP contribution in [0.15, 0.2) is 36.4 Å². The fraction of sp³-hybridized carbons (Fsp3) is 0.385. The van der Waals surface area contributed by atoms with Crippen LogP contribution in [0.3, 0.4) is 0 Å². The molecule has 1 unspecified atom stereocenters. The molecule has 1 aliphatic heterocycles. The first-order valence-corrected chi connectivity index (χ1v) is 12.6. The van der Waals surface area contributed by atoms with Crippen LogP contribution < -0.4 is 16.4 Å². The summed E-state index contributed by atoms with van der Waals surface area (Å²) in [7, 11) is 2.30. The maximum absolute atomic E-state index is 12.9. The number of halogens is 2. The van der Waals surface area contributed by atoms with Crippen LogP contribution in [0.1, 0.15) is 47.5 Å². The first-order chi connectivity index (χ1) is 15.8.